The number of benzene rings is 1. The number of anilines is 1. The van der Waals surface area contributed by atoms with Crippen molar-refractivity contribution < 1.29 is 14.7 Å². The Kier molecular flexibility index (Phi) is 5.60. The number of para-hydroxylation sites is 1. The topological polar surface area (TPSA) is 60.9 Å². The summed E-state index contributed by atoms with van der Waals surface area (Å²) in [6, 6.07) is 7.03. The minimum Gasteiger partial charge on any atom is -0.481 e. The van der Waals surface area contributed by atoms with Crippen LogP contribution in [0.15, 0.2) is 24.3 Å². The maximum absolute atomic E-state index is 12.4. The van der Waals surface area contributed by atoms with E-state index < -0.39 is 5.97 Å². The number of carboxylic acid groups (broad SMARTS) is 1. The molecular weight excluding hydrogens is 256 g/mol. The number of amides is 2. The average molecular weight is 274 g/mol. The Balaban J connectivity index is 3.02. The quantitative estimate of drug-likeness (QED) is 0.835. The molecule has 0 fully saturated rings. The summed E-state index contributed by atoms with van der Waals surface area (Å²) in [5.41, 5.74) is 1.60. The molecule has 20 heavy (non-hydrogen) atoms. The zero-order chi connectivity index (χ0) is 15.1. The summed E-state index contributed by atoms with van der Waals surface area (Å²) in [6.45, 7) is 2.15. The number of terminal acetylenes is 1. The SMILES string of the molecule is C#CCN(C)C(=O)N(CCC(=O)O)c1ccccc1C. The highest BCUT2D eigenvalue weighted by Crippen LogP contribution is 2.20. The van der Waals surface area contributed by atoms with Crippen LogP contribution >= 0.6 is 0 Å². The van der Waals surface area contributed by atoms with Crippen LogP contribution in [0, 0.1) is 19.3 Å². The van der Waals surface area contributed by atoms with E-state index in [1.165, 1.54) is 9.80 Å². The van der Waals surface area contributed by atoms with Crippen LogP contribution in [0.25, 0.3) is 0 Å². The average Bonchev–Trinajstić information content (AvgIpc) is 2.40. The van der Waals surface area contributed by atoms with E-state index in [4.69, 9.17) is 11.5 Å². The molecular formula is C15H18N2O3. The van der Waals surface area contributed by atoms with Gasteiger partial charge in [-0.05, 0) is 18.6 Å². The van der Waals surface area contributed by atoms with E-state index in [0.29, 0.717) is 5.69 Å². The van der Waals surface area contributed by atoms with Crippen molar-refractivity contribution in [2.75, 3.05) is 25.0 Å². The molecule has 2 amide bonds. The molecule has 1 aromatic carbocycles. The Morgan fingerprint density at radius 3 is 2.55 bits per heavy atom. The number of aryl methyl sites for hydroxylation is 1. The number of hydrogen-bond acceptors (Lipinski definition) is 2. The lowest BCUT2D eigenvalue weighted by molar-refractivity contribution is -0.136. The smallest absolute Gasteiger partial charge is 0.325 e. The van der Waals surface area contributed by atoms with E-state index in [9.17, 15) is 9.59 Å². The van der Waals surface area contributed by atoms with Gasteiger partial charge in [-0.3, -0.25) is 9.69 Å². The van der Waals surface area contributed by atoms with Crippen molar-refractivity contribution in [1.29, 1.82) is 0 Å². The third kappa shape index (κ3) is 4.02. The van der Waals surface area contributed by atoms with E-state index >= 15 is 0 Å². The fraction of sp³-hybridized carbons (Fsp3) is 0.333. The van der Waals surface area contributed by atoms with Crippen LogP contribution in [0.2, 0.25) is 0 Å². The highest BCUT2D eigenvalue weighted by atomic mass is 16.4. The summed E-state index contributed by atoms with van der Waals surface area (Å²) in [7, 11) is 1.59. The van der Waals surface area contributed by atoms with Gasteiger partial charge in [-0.2, -0.15) is 0 Å². The molecule has 0 radical (unpaired) electrons. The summed E-state index contributed by atoms with van der Waals surface area (Å²) in [6.07, 6.45) is 5.08. The summed E-state index contributed by atoms with van der Waals surface area (Å²) >= 11 is 0. The maximum Gasteiger partial charge on any atom is 0.325 e. The molecule has 0 aromatic heterocycles. The van der Waals surface area contributed by atoms with Gasteiger partial charge in [0, 0.05) is 19.3 Å². The fourth-order valence-electron chi connectivity index (χ4n) is 1.80. The molecule has 5 heteroatoms. The minimum atomic E-state index is -0.948. The van der Waals surface area contributed by atoms with E-state index in [1.54, 1.807) is 13.1 Å². The first-order chi connectivity index (χ1) is 9.47. The first-order valence-electron chi connectivity index (χ1n) is 6.21. The summed E-state index contributed by atoms with van der Waals surface area (Å²) in [5.74, 6) is 1.45. The van der Waals surface area contributed by atoms with Gasteiger partial charge in [0.15, 0.2) is 0 Å². The molecule has 0 unspecified atom stereocenters. The zero-order valence-electron chi connectivity index (χ0n) is 11.7. The van der Waals surface area contributed by atoms with Gasteiger partial charge in [0.05, 0.1) is 13.0 Å². The molecule has 1 N–H and O–H groups in total. The number of aliphatic carboxylic acids is 1. The van der Waals surface area contributed by atoms with Crippen LogP contribution < -0.4 is 4.90 Å². The van der Waals surface area contributed by atoms with Gasteiger partial charge >= 0.3 is 12.0 Å². The van der Waals surface area contributed by atoms with Crippen molar-refractivity contribution in [3.63, 3.8) is 0 Å². The number of hydrogen-bond donors (Lipinski definition) is 1. The monoisotopic (exact) mass is 274 g/mol. The molecule has 5 nitrogen and oxygen atoms in total. The molecule has 0 spiro atoms. The summed E-state index contributed by atoms with van der Waals surface area (Å²) in [4.78, 5) is 25.9. The molecule has 106 valence electrons. The number of urea groups is 1. The van der Waals surface area contributed by atoms with Crippen LogP contribution in [-0.2, 0) is 4.79 Å². The van der Waals surface area contributed by atoms with Crippen molar-refractivity contribution in [2.45, 2.75) is 13.3 Å². The molecule has 0 heterocycles. The standard InChI is InChI=1S/C15H18N2O3/c1-4-10-16(3)15(20)17(11-9-14(18)19)13-8-6-5-7-12(13)2/h1,5-8H,9-11H2,2-3H3,(H,18,19). The van der Waals surface area contributed by atoms with Gasteiger partial charge in [-0.25, -0.2) is 4.79 Å². The number of carboxylic acids is 1. The third-order valence-electron chi connectivity index (χ3n) is 2.84. The Hall–Kier alpha value is -2.48. The Labute approximate surface area is 118 Å². The van der Waals surface area contributed by atoms with Crippen LogP contribution in [-0.4, -0.2) is 42.1 Å². The maximum atomic E-state index is 12.4. The molecule has 1 aromatic rings. The third-order valence-corrected chi connectivity index (χ3v) is 2.84. The van der Waals surface area contributed by atoms with Crippen LogP contribution in [0.4, 0.5) is 10.5 Å². The van der Waals surface area contributed by atoms with Crippen molar-refractivity contribution in [3.05, 3.63) is 29.8 Å². The predicted octanol–water partition coefficient (Wildman–Crippen LogP) is 1.96. The molecule has 0 saturated carbocycles. The molecule has 0 aliphatic rings. The number of carbonyl (C=O) groups excluding carboxylic acids is 1. The van der Waals surface area contributed by atoms with Crippen molar-refractivity contribution in [3.8, 4) is 12.3 Å². The predicted molar refractivity (Wildman–Crippen MR) is 77.6 cm³/mol. The van der Waals surface area contributed by atoms with Crippen LogP contribution in [0.1, 0.15) is 12.0 Å². The molecule has 0 aliphatic carbocycles. The second-order valence-corrected chi connectivity index (χ2v) is 4.42. The van der Waals surface area contributed by atoms with Gasteiger partial charge in [0.2, 0.25) is 0 Å². The Bertz CT molecular complexity index is 534. The van der Waals surface area contributed by atoms with Gasteiger partial charge in [-0.1, -0.05) is 24.1 Å². The lowest BCUT2D eigenvalue weighted by atomic mass is 10.2. The normalized spacial score (nSPS) is 9.65. The van der Waals surface area contributed by atoms with Gasteiger partial charge in [0.1, 0.15) is 0 Å². The van der Waals surface area contributed by atoms with Gasteiger partial charge < -0.3 is 10.0 Å². The number of rotatable bonds is 5. The van der Waals surface area contributed by atoms with Crippen molar-refractivity contribution >= 4 is 17.7 Å². The fourth-order valence-corrected chi connectivity index (χ4v) is 1.80. The molecule has 0 aliphatic heterocycles. The number of carbonyl (C=O) groups is 2. The van der Waals surface area contributed by atoms with Gasteiger partial charge in [0.25, 0.3) is 0 Å². The first kappa shape index (κ1) is 15.6. The zero-order valence-corrected chi connectivity index (χ0v) is 11.7. The van der Waals surface area contributed by atoms with Crippen LogP contribution in [0.3, 0.4) is 0 Å². The highest BCUT2D eigenvalue weighted by molar-refractivity contribution is 5.93. The van der Waals surface area contributed by atoms with Crippen molar-refractivity contribution in [1.82, 2.24) is 4.90 Å². The van der Waals surface area contributed by atoms with Crippen LogP contribution in [0.5, 0.6) is 0 Å². The highest BCUT2D eigenvalue weighted by Gasteiger charge is 2.21. The second kappa shape index (κ2) is 7.19. The van der Waals surface area contributed by atoms with E-state index in [0.717, 1.165) is 5.56 Å². The largest absolute Gasteiger partial charge is 0.481 e. The van der Waals surface area contributed by atoms with E-state index in [2.05, 4.69) is 5.92 Å². The first-order valence-corrected chi connectivity index (χ1v) is 6.21. The molecule has 0 atom stereocenters. The Morgan fingerprint density at radius 1 is 1.35 bits per heavy atom. The summed E-state index contributed by atoms with van der Waals surface area (Å²) < 4.78 is 0. The van der Waals surface area contributed by atoms with Gasteiger partial charge in [-0.15, -0.1) is 6.42 Å². The molecule has 0 saturated heterocycles. The molecule has 0 bridgehead atoms. The van der Waals surface area contributed by atoms with E-state index in [-0.39, 0.29) is 25.5 Å². The summed E-state index contributed by atoms with van der Waals surface area (Å²) in [5, 5.41) is 8.82. The second-order valence-electron chi connectivity index (χ2n) is 4.42. The minimum absolute atomic E-state index is 0.105. The lowest BCUT2D eigenvalue weighted by Crippen LogP contribution is -2.42. The van der Waals surface area contributed by atoms with E-state index in [1.807, 2.05) is 25.1 Å². The van der Waals surface area contributed by atoms with Crippen molar-refractivity contribution in [2.24, 2.45) is 0 Å². The number of nitrogens with zero attached hydrogens (tertiary/aromatic N) is 2. The Morgan fingerprint density at radius 2 is 2.00 bits per heavy atom. The molecule has 1 rings (SSSR count). The lowest BCUT2D eigenvalue weighted by Gasteiger charge is -2.28.